The monoisotopic (exact) mass is 326 g/mol. The van der Waals surface area contributed by atoms with Gasteiger partial charge < -0.3 is 0 Å². The molecule has 0 bridgehead atoms. The summed E-state index contributed by atoms with van der Waals surface area (Å²) < 4.78 is 1.78. The van der Waals surface area contributed by atoms with Crippen LogP contribution in [0.15, 0.2) is 79.0 Å². The Bertz CT molecular complexity index is 1030. The van der Waals surface area contributed by atoms with Crippen LogP contribution in [0.5, 0.6) is 0 Å². The number of aryl methyl sites for hydroxylation is 1. The first-order valence-electron chi connectivity index (χ1n) is 8.44. The van der Waals surface area contributed by atoms with Gasteiger partial charge in [-0.05, 0) is 24.1 Å². The third-order valence-corrected chi connectivity index (χ3v) is 4.44. The smallest absolute Gasteiger partial charge is 0.197 e. The molecule has 0 saturated heterocycles. The Balaban J connectivity index is 1.93. The van der Waals surface area contributed by atoms with Gasteiger partial charge in [0, 0.05) is 17.3 Å². The zero-order chi connectivity index (χ0) is 17.2. The van der Waals surface area contributed by atoms with Crippen molar-refractivity contribution in [2.45, 2.75) is 13.3 Å². The van der Waals surface area contributed by atoms with Gasteiger partial charge in [-0.2, -0.15) is 5.10 Å². The molecule has 4 aromatic rings. The molecule has 0 aliphatic heterocycles. The van der Waals surface area contributed by atoms with Crippen molar-refractivity contribution in [2.75, 3.05) is 0 Å². The summed E-state index contributed by atoms with van der Waals surface area (Å²) in [4.78, 5) is 13.2. The lowest BCUT2D eigenvalue weighted by atomic mass is 9.98. The number of carbonyl (C=O) groups excluding carboxylic acids is 1. The van der Waals surface area contributed by atoms with E-state index in [1.54, 1.807) is 4.52 Å². The second-order valence-electron chi connectivity index (χ2n) is 6.00. The molecular weight excluding hydrogens is 308 g/mol. The summed E-state index contributed by atoms with van der Waals surface area (Å²) in [5.74, 6) is -0.00336. The van der Waals surface area contributed by atoms with E-state index in [0.29, 0.717) is 11.1 Å². The normalized spacial score (nSPS) is 10.9. The minimum Gasteiger partial charge on any atom is -0.288 e. The second kappa shape index (κ2) is 6.36. The minimum atomic E-state index is -0.00336. The van der Waals surface area contributed by atoms with E-state index in [1.165, 1.54) is 5.56 Å². The molecule has 0 unspecified atom stereocenters. The van der Waals surface area contributed by atoms with Crippen LogP contribution >= 0.6 is 0 Å². The van der Waals surface area contributed by atoms with Crippen LogP contribution in [0.1, 0.15) is 28.4 Å². The Kier molecular flexibility index (Phi) is 3.90. The molecule has 122 valence electrons. The maximum absolute atomic E-state index is 13.2. The molecule has 2 heterocycles. The van der Waals surface area contributed by atoms with Crippen molar-refractivity contribution < 1.29 is 4.79 Å². The molecule has 0 aliphatic rings. The Morgan fingerprint density at radius 3 is 2.36 bits per heavy atom. The van der Waals surface area contributed by atoms with Crippen LogP contribution in [-0.2, 0) is 6.42 Å². The number of ketones is 1. The zero-order valence-corrected chi connectivity index (χ0v) is 14.0. The van der Waals surface area contributed by atoms with Crippen LogP contribution in [0.2, 0.25) is 0 Å². The van der Waals surface area contributed by atoms with Gasteiger partial charge in [-0.25, -0.2) is 4.52 Å². The van der Waals surface area contributed by atoms with E-state index >= 15 is 0 Å². The molecule has 0 fully saturated rings. The SMILES string of the molecule is CCc1ccc(-c2nn3ccccc3c2C(=O)c2ccccc2)cc1. The van der Waals surface area contributed by atoms with Crippen molar-refractivity contribution in [1.82, 2.24) is 9.61 Å². The summed E-state index contributed by atoms with van der Waals surface area (Å²) in [6.07, 6.45) is 2.86. The third kappa shape index (κ3) is 2.74. The van der Waals surface area contributed by atoms with Crippen molar-refractivity contribution in [1.29, 1.82) is 0 Å². The van der Waals surface area contributed by atoms with Crippen molar-refractivity contribution in [3.8, 4) is 11.3 Å². The highest BCUT2D eigenvalue weighted by atomic mass is 16.1. The highest BCUT2D eigenvalue weighted by Gasteiger charge is 2.21. The van der Waals surface area contributed by atoms with Crippen LogP contribution in [0.25, 0.3) is 16.8 Å². The molecule has 0 amide bonds. The van der Waals surface area contributed by atoms with Crippen molar-refractivity contribution in [3.63, 3.8) is 0 Å². The van der Waals surface area contributed by atoms with Gasteiger partial charge >= 0.3 is 0 Å². The van der Waals surface area contributed by atoms with Gasteiger partial charge in [0.1, 0.15) is 5.69 Å². The molecule has 0 aliphatic carbocycles. The number of fused-ring (bicyclic) bond motifs is 1. The second-order valence-corrected chi connectivity index (χ2v) is 6.00. The number of pyridine rings is 1. The van der Waals surface area contributed by atoms with E-state index in [4.69, 9.17) is 0 Å². The summed E-state index contributed by atoms with van der Waals surface area (Å²) in [6.45, 7) is 2.13. The maximum atomic E-state index is 13.2. The molecule has 2 aromatic carbocycles. The number of nitrogens with zero attached hydrogens (tertiary/aromatic N) is 2. The fourth-order valence-electron chi connectivity index (χ4n) is 3.06. The quantitative estimate of drug-likeness (QED) is 0.505. The van der Waals surface area contributed by atoms with Gasteiger partial charge in [-0.15, -0.1) is 0 Å². The molecule has 4 rings (SSSR count). The Morgan fingerprint density at radius 1 is 0.920 bits per heavy atom. The van der Waals surface area contributed by atoms with Gasteiger partial charge in [0.05, 0.1) is 11.1 Å². The molecule has 3 nitrogen and oxygen atoms in total. The first-order chi connectivity index (χ1) is 12.3. The lowest BCUT2D eigenvalue weighted by molar-refractivity contribution is 0.104. The van der Waals surface area contributed by atoms with E-state index in [2.05, 4.69) is 24.2 Å². The van der Waals surface area contributed by atoms with E-state index in [1.807, 2.05) is 66.9 Å². The summed E-state index contributed by atoms with van der Waals surface area (Å²) in [7, 11) is 0. The molecule has 0 spiro atoms. The molecule has 0 radical (unpaired) electrons. The highest BCUT2D eigenvalue weighted by Crippen LogP contribution is 2.28. The molecule has 0 N–H and O–H groups in total. The van der Waals surface area contributed by atoms with Gasteiger partial charge in [0.15, 0.2) is 5.78 Å². The number of aromatic nitrogens is 2. The zero-order valence-electron chi connectivity index (χ0n) is 14.0. The van der Waals surface area contributed by atoms with E-state index in [9.17, 15) is 4.79 Å². The fourth-order valence-corrected chi connectivity index (χ4v) is 3.06. The molecule has 2 aromatic heterocycles. The summed E-state index contributed by atoms with van der Waals surface area (Å²) in [5.41, 5.74) is 5.10. The number of carbonyl (C=O) groups is 1. The van der Waals surface area contributed by atoms with Crippen molar-refractivity contribution in [2.24, 2.45) is 0 Å². The summed E-state index contributed by atoms with van der Waals surface area (Å²) >= 11 is 0. The third-order valence-electron chi connectivity index (χ3n) is 4.44. The first-order valence-corrected chi connectivity index (χ1v) is 8.44. The molecule has 3 heteroatoms. The lowest BCUT2D eigenvalue weighted by Gasteiger charge is -2.04. The summed E-state index contributed by atoms with van der Waals surface area (Å²) in [5, 5.41) is 4.68. The number of rotatable bonds is 4. The van der Waals surface area contributed by atoms with Crippen LogP contribution < -0.4 is 0 Å². The number of hydrogen-bond acceptors (Lipinski definition) is 2. The predicted octanol–water partition coefficient (Wildman–Crippen LogP) is 4.79. The van der Waals surface area contributed by atoms with Crippen molar-refractivity contribution in [3.05, 3.63) is 95.7 Å². The van der Waals surface area contributed by atoms with Gasteiger partial charge in [-0.1, -0.05) is 67.6 Å². The van der Waals surface area contributed by atoms with Crippen LogP contribution in [0, 0.1) is 0 Å². The minimum absolute atomic E-state index is 0.00336. The lowest BCUT2D eigenvalue weighted by Crippen LogP contribution is -2.02. The summed E-state index contributed by atoms with van der Waals surface area (Å²) in [6, 6.07) is 23.4. The topological polar surface area (TPSA) is 34.4 Å². The van der Waals surface area contributed by atoms with Crippen LogP contribution in [-0.4, -0.2) is 15.4 Å². The Hall–Kier alpha value is -3.20. The molecule has 25 heavy (non-hydrogen) atoms. The van der Waals surface area contributed by atoms with Gasteiger partial charge in [-0.3, -0.25) is 4.79 Å². The number of benzene rings is 2. The first kappa shape index (κ1) is 15.3. The Morgan fingerprint density at radius 2 is 1.64 bits per heavy atom. The van der Waals surface area contributed by atoms with E-state index in [0.717, 1.165) is 23.2 Å². The Labute approximate surface area is 146 Å². The van der Waals surface area contributed by atoms with Gasteiger partial charge in [0.2, 0.25) is 0 Å². The van der Waals surface area contributed by atoms with Crippen LogP contribution in [0.4, 0.5) is 0 Å². The van der Waals surface area contributed by atoms with Crippen molar-refractivity contribution >= 4 is 11.3 Å². The van der Waals surface area contributed by atoms with Gasteiger partial charge in [0.25, 0.3) is 0 Å². The van der Waals surface area contributed by atoms with E-state index < -0.39 is 0 Å². The predicted molar refractivity (Wildman–Crippen MR) is 99.9 cm³/mol. The van der Waals surface area contributed by atoms with Crippen LogP contribution in [0.3, 0.4) is 0 Å². The number of hydrogen-bond donors (Lipinski definition) is 0. The maximum Gasteiger partial charge on any atom is 0.197 e. The molecular formula is C22H18N2O. The highest BCUT2D eigenvalue weighted by molar-refractivity contribution is 6.16. The largest absolute Gasteiger partial charge is 0.288 e. The molecule has 0 atom stereocenters. The standard InChI is InChI=1S/C22H18N2O/c1-2-16-11-13-17(14-12-16)21-20(19-10-6-7-15-24(19)23-21)22(25)18-8-4-3-5-9-18/h3-15H,2H2,1H3. The average molecular weight is 326 g/mol. The van der Waals surface area contributed by atoms with E-state index in [-0.39, 0.29) is 5.78 Å². The average Bonchev–Trinajstić information content (AvgIpc) is 3.07. The molecule has 0 saturated carbocycles. The fraction of sp³-hybridized carbons (Fsp3) is 0.0909.